The molecular formula is C3H4ClN3O3P+. The second-order valence-electron chi connectivity index (χ2n) is 1.20. The Morgan fingerprint density at radius 1 is 1.55 bits per heavy atom. The minimum Gasteiger partial charge on any atom is -0.139 e. The molecule has 1 aromatic rings. The molecule has 0 radical (unpaired) electrons. The molecule has 0 fully saturated rings. The van der Waals surface area contributed by atoms with E-state index in [1.54, 1.807) is 6.07 Å². The molecule has 0 aliphatic rings. The summed E-state index contributed by atoms with van der Waals surface area (Å²) in [4.78, 5) is 14.2. The van der Waals surface area contributed by atoms with Gasteiger partial charge in [0.05, 0.1) is 6.20 Å². The van der Waals surface area contributed by atoms with Gasteiger partial charge < -0.3 is 0 Å². The first-order valence-corrected chi connectivity index (χ1v) is 3.82. The molecule has 0 saturated carbocycles. The second-order valence-corrected chi connectivity index (χ2v) is 2.09. The molecule has 1 rings (SSSR count). The van der Waals surface area contributed by atoms with Crippen molar-refractivity contribution in [3.63, 3.8) is 0 Å². The average molecular weight is 197 g/mol. The van der Waals surface area contributed by atoms with Gasteiger partial charge in [0.25, 0.3) is 0 Å². The predicted molar refractivity (Wildman–Crippen MR) is 36.9 cm³/mol. The van der Waals surface area contributed by atoms with Crippen molar-refractivity contribution in [3.8, 4) is 0 Å². The van der Waals surface area contributed by atoms with E-state index in [-0.39, 0.29) is 0 Å². The number of rotatable bonds is 0. The van der Waals surface area contributed by atoms with Crippen LogP contribution in [0.15, 0.2) is 12.3 Å². The zero-order valence-corrected chi connectivity index (χ0v) is 6.77. The van der Waals surface area contributed by atoms with Crippen LogP contribution >= 0.6 is 19.9 Å². The van der Waals surface area contributed by atoms with Crippen LogP contribution in [0.25, 0.3) is 0 Å². The van der Waals surface area contributed by atoms with E-state index < -0.39 is 8.25 Å². The van der Waals surface area contributed by atoms with Crippen LogP contribution in [0, 0.1) is 0 Å². The van der Waals surface area contributed by atoms with Gasteiger partial charge in [-0.05, 0) is 11.3 Å². The van der Waals surface area contributed by atoms with Gasteiger partial charge in [-0.15, -0.1) is 20.0 Å². The quantitative estimate of drug-likeness (QED) is 0.574. The number of hydrogen-bond acceptors (Lipinski definition) is 4. The number of halogens is 1. The maximum Gasteiger partial charge on any atom is 0.692 e. The van der Waals surface area contributed by atoms with Crippen molar-refractivity contribution in [3.05, 3.63) is 17.4 Å². The molecular weight excluding hydrogens is 192 g/mol. The third kappa shape index (κ3) is 9.32. The average Bonchev–Trinajstić information content (AvgIpc) is 1.87. The van der Waals surface area contributed by atoms with Crippen LogP contribution in [0.4, 0.5) is 0 Å². The standard InChI is InChI=1S/C3H2ClN3.HO3P/c4-3-1-2-5-7-6-3;1-4(2)3/h1-2H;(H-,1,2,3)/p+1. The highest BCUT2D eigenvalue weighted by molar-refractivity contribution is 7.30. The molecule has 0 amide bonds. The Bertz CT molecular complexity index is 216. The number of hydrogen-bond donors (Lipinski definition) is 2. The molecule has 0 unspecified atom stereocenters. The zero-order valence-electron chi connectivity index (χ0n) is 5.12. The Morgan fingerprint density at radius 2 is 2.09 bits per heavy atom. The Labute approximate surface area is 67.8 Å². The maximum atomic E-state index is 8.70. The van der Waals surface area contributed by atoms with Crippen molar-refractivity contribution in [2.75, 3.05) is 0 Å². The van der Waals surface area contributed by atoms with Gasteiger partial charge in [-0.3, -0.25) is 0 Å². The van der Waals surface area contributed by atoms with Gasteiger partial charge in [0, 0.05) is 4.57 Å². The lowest BCUT2D eigenvalue weighted by Gasteiger charge is -1.76. The van der Waals surface area contributed by atoms with Gasteiger partial charge in [-0.2, -0.15) is 0 Å². The van der Waals surface area contributed by atoms with Crippen LogP contribution in [0.5, 0.6) is 0 Å². The van der Waals surface area contributed by atoms with Crippen molar-refractivity contribution in [1.29, 1.82) is 0 Å². The van der Waals surface area contributed by atoms with Crippen LogP contribution in [-0.2, 0) is 4.57 Å². The molecule has 2 N–H and O–H groups in total. The minimum absolute atomic E-state index is 0.370. The highest BCUT2D eigenvalue weighted by atomic mass is 35.5. The van der Waals surface area contributed by atoms with Gasteiger partial charge in [0.2, 0.25) is 0 Å². The summed E-state index contributed by atoms with van der Waals surface area (Å²) in [7, 11) is -2.87. The van der Waals surface area contributed by atoms with Crippen LogP contribution in [0.3, 0.4) is 0 Å². The van der Waals surface area contributed by atoms with Gasteiger partial charge in [-0.25, -0.2) is 0 Å². The Balaban J connectivity index is 0.000000218. The third-order valence-electron chi connectivity index (χ3n) is 0.471. The largest absolute Gasteiger partial charge is 0.692 e. The lowest BCUT2D eigenvalue weighted by Crippen LogP contribution is -1.81. The summed E-state index contributed by atoms with van der Waals surface area (Å²) >= 11 is 5.33. The second kappa shape index (κ2) is 6.06. The molecule has 0 aliphatic carbocycles. The summed E-state index contributed by atoms with van der Waals surface area (Å²) in [6, 6.07) is 1.56. The van der Waals surface area contributed by atoms with E-state index >= 15 is 0 Å². The van der Waals surface area contributed by atoms with E-state index in [9.17, 15) is 0 Å². The van der Waals surface area contributed by atoms with Crippen molar-refractivity contribution < 1.29 is 14.4 Å². The Morgan fingerprint density at radius 3 is 2.27 bits per heavy atom. The predicted octanol–water partition coefficient (Wildman–Crippen LogP) is 0.153. The van der Waals surface area contributed by atoms with Gasteiger partial charge >= 0.3 is 8.25 Å². The molecule has 60 valence electrons. The lowest BCUT2D eigenvalue weighted by molar-refractivity contribution is 0.405. The highest BCUT2D eigenvalue weighted by Crippen LogP contribution is 1.98. The first-order valence-electron chi connectivity index (χ1n) is 2.28. The lowest BCUT2D eigenvalue weighted by atomic mass is 10.7. The number of nitrogens with zero attached hydrogens (tertiary/aromatic N) is 3. The number of aromatic nitrogens is 3. The zero-order chi connectivity index (χ0) is 8.69. The van der Waals surface area contributed by atoms with Gasteiger partial charge in [-0.1, -0.05) is 11.6 Å². The monoisotopic (exact) mass is 196 g/mol. The summed E-state index contributed by atoms with van der Waals surface area (Å²) in [6.07, 6.45) is 1.48. The summed E-state index contributed by atoms with van der Waals surface area (Å²) in [5.41, 5.74) is 0. The van der Waals surface area contributed by atoms with Gasteiger partial charge in [0.1, 0.15) is 0 Å². The molecule has 0 bridgehead atoms. The Kier molecular flexibility index (Phi) is 5.68. The van der Waals surface area contributed by atoms with Crippen molar-refractivity contribution in [1.82, 2.24) is 15.4 Å². The molecule has 0 saturated heterocycles. The molecule has 0 spiro atoms. The summed E-state index contributed by atoms with van der Waals surface area (Å²) in [5, 5.41) is 10.4. The highest BCUT2D eigenvalue weighted by Gasteiger charge is 1.93. The topological polar surface area (TPSA) is 96.2 Å². The molecule has 6 nitrogen and oxygen atoms in total. The van der Waals surface area contributed by atoms with E-state index in [1.807, 2.05) is 0 Å². The fourth-order valence-corrected chi connectivity index (χ4v) is 0.317. The fourth-order valence-electron chi connectivity index (χ4n) is 0.227. The molecule has 1 aromatic heterocycles. The summed E-state index contributed by atoms with van der Waals surface area (Å²) in [5.74, 6) is 0. The SMILES string of the molecule is Clc1ccnnn1.O=[P+](O)O. The van der Waals surface area contributed by atoms with Crippen LogP contribution in [-0.4, -0.2) is 25.2 Å². The summed E-state index contributed by atoms with van der Waals surface area (Å²) in [6.45, 7) is 0. The van der Waals surface area contributed by atoms with Gasteiger partial charge in [0.15, 0.2) is 5.15 Å². The van der Waals surface area contributed by atoms with Crippen LogP contribution < -0.4 is 0 Å². The van der Waals surface area contributed by atoms with Crippen molar-refractivity contribution >= 4 is 19.9 Å². The van der Waals surface area contributed by atoms with E-state index in [0.717, 1.165) is 0 Å². The molecule has 1 heterocycles. The normalized spacial score (nSPS) is 7.91. The minimum atomic E-state index is -2.87. The molecule has 0 aromatic carbocycles. The molecule has 8 heteroatoms. The van der Waals surface area contributed by atoms with Crippen LogP contribution in [0.2, 0.25) is 5.15 Å². The fraction of sp³-hybridized carbons (Fsp3) is 0. The molecule has 0 atom stereocenters. The third-order valence-corrected chi connectivity index (χ3v) is 0.672. The first kappa shape index (κ1) is 10.3. The first-order chi connectivity index (χ1) is 5.13. The van der Waals surface area contributed by atoms with E-state index in [1.165, 1.54) is 6.20 Å². The molecule has 0 aliphatic heterocycles. The molecule has 11 heavy (non-hydrogen) atoms. The van der Waals surface area contributed by atoms with Crippen molar-refractivity contribution in [2.24, 2.45) is 0 Å². The Hall–Kier alpha value is -0.680. The van der Waals surface area contributed by atoms with E-state index in [2.05, 4.69) is 15.4 Å². The van der Waals surface area contributed by atoms with E-state index in [4.69, 9.17) is 26.0 Å². The van der Waals surface area contributed by atoms with E-state index in [0.29, 0.717) is 5.15 Å². The maximum absolute atomic E-state index is 8.70. The van der Waals surface area contributed by atoms with Crippen molar-refractivity contribution in [2.45, 2.75) is 0 Å². The smallest absolute Gasteiger partial charge is 0.139 e. The van der Waals surface area contributed by atoms with Crippen LogP contribution in [0.1, 0.15) is 0 Å². The summed E-state index contributed by atoms with van der Waals surface area (Å²) < 4.78 is 8.70.